The molecule has 2 aromatic rings. The van der Waals surface area contributed by atoms with Gasteiger partial charge in [0.25, 0.3) is 5.91 Å². The highest BCUT2D eigenvalue weighted by molar-refractivity contribution is 5.80. The number of nitrogens with one attached hydrogen (secondary N) is 1. The van der Waals surface area contributed by atoms with Crippen molar-refractivity contribution in [2.75, 3.05) is 19.6 Å². The Bertz CT molecular complexity index is 848. The maximum Gasteiger partial charge on any atom is 0.260 e. The van der Waals surface area contributed by atoms with Gasteiger partial charge < -0.3 is 10.1 Å². The second kappa shape index (κ2) is 9.45. The third kappa shape index (κ3) is 4.99. The van der Waals surface area contributed by atoms with Crippen molar-refractivity contribution in [2.24, 2.45) is 0 Å². The van der Waals surface area contributed by atoms with E-state index in [-0.39, 0.29) is 5.91 Å². The summed E-state index contributed by atoms with van der Waals surface area (Å²) in [5, 5.41) is 3.05. The van der Waals surface area contributed by atoms with Gasteiger partial charge in [0.1, 0.15) is 5.75 Å². The second-order valence-corrected chi connectivity index (χ2v) is 8.30. The van der Waals surface area contributed by atoms with E-state index in [1.54, 1.807) is 0 Å². The molecule has 2 aliphatic rings. The van der Waals surface area contributed by atoms with E-state index in [0.29, 0.717) is 6.54 Å². The second-order valence-electron chi connectivity index (χ2n) is 8.30. The molecule has 1 N–H and O–H groups in total. The first-order chi connectivity index (χ1) is 14.2. The minimum absolute atomic E-state index is 0.0256. The van der Waals surface area contributed by atoms with Crippen LogP contribution in [0, 0.1) is 0 Å². The highest BCUT2D eigenvalue weighted by Gasteiger charge is 2.19. The molecule has 1 amide bonds. The zero-order valence-corrected chi connectivity index (χ0v) is 17.5. The molecule has 4 nitrogen and oxygen atoms in total. The van der Waals surface area contributed by atoms with Gasteiger partial charge in [-0.25, -0.2) is 0 Å². The van der Waals surface area contributed by atoms with Gasteiger partial charge in [0.15, 0.2) is 6.10 Å². The van der Waals surface area contributed by atoms with Crippen LogP contribution in [0.2, 0.25) is 0 Å². The highest BCUT2D eigenvalue weighted by atomic mass is 16.5. The molecule has 2 aromatic carbocycles. The van der Waals surface area contributed by atoms with Crippen LogP contribution in [0.4, 0.5) is 0 Å². The summed E-state index contributed by atoms with van der Waals surface area (Å²) in [7, 11) is 0. The first kappa shape index (κ1) is 20.0. The fraction of sp³-hybridized carbons (Fsp3) is 0.480. The lowest BCUT2D eigenvalue weighted by atomic mass is 9.91. The quantitative estimate of drug-likeness (QED) is 0.727. The van der Waals surface area contributed by atoms with E-state index in [1.807, 2.05) is 19.1 Å². The molecule has 29 heavy (non-hydrogen) atoms. The van der Waals surface area contributed by atoms with E-state index in [2.05, 4.69) is 40.5 Å². The average Bonchev–Trinajstić information content (AvgIpc) is 2.76. The van der Waals surface area contributed by atoms with Crippen LogP contribution in [0.1, 0.15) is 48.4 Å². The number of fused-ring (bicyclic) bond motifs is 2. The fourth-order valence-electron chi connectivity index (χ4n) is 4.50. The average molecular weight is 393 g/mol. The molecule has 1 unspecified atom stereocenters. The van der Waals surface area contributed by atoms with E-state index in [9.17, 15) is 4.79 Å². The van der Waals surface area contributed by atoms with Crippen molar-refractivity contribution in [2.45, 2.75) is 58.1 Å². The van der Waals surface area contributed by atoms with Crippen molar-refractivity contribution >= 4 is 5.91 Å². The molecule has 0 saturated heterocycles. The summed E-state index contributed by atoms with van der Waals surface area (Å²) in [6.45, 7) is 5.67. The van der Waals surface area contributed by atoms with Gasteiger partial charge in [0, 0.05) is 26.2 Å². The zero-order valence-electron chi connectivity index (χ0n) is 17.5. The van der Waals surface area contributed by atoms with Gasteiger partial charge in [0.05, 0.1) is 0 Å². The van der Waals surface area contributed by atoms with Gasteiger partial charge in [-0.1, -0.05) is 36.4 Å². The monoisotopic (exact) mass is 392 g/mol. The molecular formula is C25H32N2O2. The number of rotatable bonds is 7. The molecule has 1 atom stereocenters. The van der Waals surface area contributed by atoms with Gasteiger partial charge >= 0.3 is 0 Å². The van der Waals surface area contributed by atoms with Crippen LogP contribution in [-0.4, -0.2) is 36.5 Å². The SMILES string of the molecule is CC(Oc1cccc2c1CCCC2)C(=O)NCCCN1CCc2ccccc2C1. The molecule has 0 saturated carbocycles. The number of hydrogen-bond acceptors (Lipinski definition) is 3. The number of aryl methyl sites for hydroxylation is 1. The van der Waals surface area contributed by atoms with E-state index >= 15 is 0 Å². The predicted molar refractivity (Wildman–Crippen MR) is 116 cm³/mol. The molecule has 0 fully saturated rings. The lowest BCUT2D eigenvalue weighted by Gasteiger charge is -2.28. The van der Waals surface area contributed by atoms with Gasteiger partial charge in [-0.15, -0.1) is 0 Å². The van der Waals surface area contributed by atoms with Crippen LogP contribution in [0.25, 0.3) is 0 Å². The molecule has 4 rings (SSSR count). The normalized spacial score (nSPS) is 17.1. The molecule has 1 heterocycles. The van der Waals surface area contributed by atoms with Crippen molar-refractivity contribution in [3.63, 3.8) is 0 Å². The Morgan fingerprint density at radius 1 is 1.03 bits per heavy atom. The molecule has 0 radical (unpaired) electrons. The lowest BCUT2D eigenvalue weighted by molar-refractivity contribution is -0.127. The summed E-state index contributed by atoms with van der Waals surface area (Å²) in [6, 6.07) is 14.9. The molecule has 0 bridgehead atoms. The minimum atomic E-state index is -0.467. The number of hydrogen-bond donors (Lipinski definition) is 1. The van der Waals surface area contributed by atoms with E-state index in [1.165, 1.54) is 35.1 Å². The number of benzene rings is 2. The number of ether oxygens (including phenoxy) is 1. The van der Waals surface area contributed by atoms with Gasteiger partial charge in [-0.2, -0.15) is 0 Å². The van der Waals surface area contributed by atoms with Gasteiger partial charge in [-0.3, -0.25) is 9.69 Å². The van der Waals surface area contributed by atoms with E-state index in [0.717, 1.165) is 51.1 Å². The van der Waals surface area contributed by atoms with Crippen molar-refractivity contribution in [3.8, 4) is 5.75 Å². The standard InChI is InChI=1S/C25H32N2O2/c1-19(29-24-13-6-11-21-9-4-5-12-23(21)24)25(28)26-15-7-16-27-17-14-20-8-2-3-10-22(20)18-27/h2-3,6,8,10-11,13,19H,4-5,7,9,12,14-18H2,1H3,(H,26,28). The van der Waals surface area contributed by atoms with Crippen LogP contribution in [-0.2, 0) is 30.6 Å². The Labute approximate surface area is 174 Å². The van der Waals surface area contributed by atoms with Crippen LogP contribution in [0.3, 0.4) is 0 Å². The first-order valence-corrected chi connectivity index (χ1v) is 11.0. The van der Waals surface area contributed by atoms with Crippen molar-refractivity contribution < 1.29 is 9.53 Å². The van der Waals surface area contributed by atoms with Crippen LogP contribution in [0.5, 0.6) is 5.75 Å². The third-order valence-corrected chi connectivity index (χ3v) is 6.19. The predicted octanol–water partition coefficient (Wildman–Crippen LogP) is 3.90. The Balaban J connectivity index is 1.20. The molecule has 154 valence electrons. The summed E-state index contributed by atoms with van der Waals surface area (Å²) in [6.07, 6.45) is 6.23. The largest absolute Gasteiger partial charge is 0.481 e. The Kier molecular flexibility index (Phi) is 6.50. The molecule has 0 spiro atoms. The first-order valence-electron chi connectivity index (χ1n) is 11.0. The molecule has 4 heteroatoms. The van der Waals surface area contributed by atoms with Gasteiger partial charge in [-0.05, 0) is 73.8 Å². The van der Waals surface area contributed by atoms with Gasteiger partial charge in [0.2, 0.25) is 0 Å². The Hall–Kier alpha value is -2.33. The Morgan fingerprint density at radius 2 is 1.83 bits per heavy atom. The lowest BCUT2D eigenvalue weighted by Crippen LogP contribution is -2.38. The topological polar surface area (TPSA) is 41.6 Å². The highest BCUT2D eigenvalue weighted by Crippen LogP contribution is 2.30. The Morgan fingerprint density at radius 3 is 2.72 bits per heavy atom. The number of carbonyl (C=O) groups excluding carboxylic acids is 1. The van der Waals surface area contributed by atoms with Crippen molar-refractivity contribution in [3.05, 3.63) is 64.7 Å². The molecule has 1 aliphatic carbocycles. The number of nitrogens with zero attached hydrogens (tertiary/aromatic N) is 1. The van der Waals surface area contributed by atoms with Crippen LogP contribution >= 0.6 is 0 Å². The fourth-order valence-corrected chi connectivity index (χ4v) is 4.50. The number of carbonyl (C=O) groups is 1. The zero-order chi connectivity index (χ0) is 20.1. The summed E-state index contributed by atoms with van der Waals surface area (Å²) >= 11 is 0. The smallest absolute Gasteiger partial charge is 0.260 e. The van der Waals surface area contributed by atoms with E-state index in [4.69, 9.17) is 4.74 Å². The molecular weight excluding hydrogens is 360 g/mol. The van der Waals surface area contributed by atoms with E-state index < -0.39 is 6.10 Å². The summed E-state index contributed by atoms with van der Waals surface area (Å²) < 4.78 is 6.04. The maximum atomic E-state index is 12.5. The van der Waals surface area contributed by atoms with Crippen LogP contribution in [0.15, 0.2) is 42.5 Å². The third-order valence-electron chi connectivity index (χ3n) is 6.19. The summed E-state index contributed by atoms with van der Waals surface area (Å²) in [5.41, 5.74) is 5.59. The summed E-state index contributed by atoms with van der Waals surface area (Å²) in [5.74, 6) is 0.860. The van der Waals surface area contributed by atoms with Crippen molar-refractivity contribution in [1.82, 2.24) is 10.2 Å². The maximum absolute atomic E-state index is 12.5. The minimum Gasteiger partial charge on any atom is -0.481 e. The molecule has 1 aliphatic heterocycles. The number of amides is 1. The summed E-state index contributed by atoms with van der Waals surface area (Å²) in [4.78, 5) is 15.0. The van der Waals surface area contributed by atoms with Crippen LogP contribution < -0.4 is 10.1 Å². The van der Waals surface area contributed by atoms with Crippen molar-refractivity contribution in [1.29, 1.82) is 0 Å². The molecule has 0 aromatic heterocycles.